The minimum absolute atomic E-state index is 0.0745. The summed E-state index contributed by atoms with van der Waals surface area (Å²) < 4.78 is 17.2. The Bertz CT molecular complexity index is 942. The molecule has 1 aromatic heterocycles. The van der Waals surface area contributed by atoms with Crippen molar-refractivity contribution in [3.63, 3.8) is 0 Å². The van der Waals surface area contributed by atoms with E-state index in [-0.39, 0.29) is 12.5 Å². The average Bonchev–Trinajstić information content (AvgIpc) is 2.97. The number of ether oxygens (including phenoxy) is 2. The fourth-order valence-electron chi connectivity index (χ4n) is 2.52. The van der Waals surface area contributed by atoms with Crippen molar-refractivity contribution in [3.05, 3.63) is 59.1 Å². The van der Waals surface area contributed by atoms with E-state index in [1.54, 1.807) is 62.7 Å². The highest BCUT2D eigenvalue weighted by Gasteiger charge is 2.15. The standard InChI is InChI=1S/C19H20N2O5/c1-20(11-12-25-15-9-7-14(24-2)8-10-15)18(22)13-21-16-5-3-4-6-17(16)26-19(21)23/h3-10H,11-13H2,1-2H3. The van der Waals surface area contributed by atoms with Crippen LogP contribution in [0.3, 0.4) is 0 Å². The second-order valence-corrected chi connectivity index (χ2v) is 5.76. The molecule has 0 atom stereocenters. The average molecular weight is 356 g/mol. The normalized spacial score (nSPS) is 10.7. The molecule has 0 aliphatic rings. The van der Waals surface area contributed by atoms with Crippen LogP contribution >= 0.6 is 0 Å². The second kappa shape index (κ2) is 7.77. The number of carbonyl (C=O) groups is 1. The molecule has 0 aliphatic carbocycles. The number of amides is 1. The van der Waals surface area contributed by atoms with Crippen LogP contribution in [0.2, 0.25) is 0 Å². The Morgan fingerprint density at radius 1 is 1.12 bits per heavy atom. The van der Waals surface area contributed by atoms with Crippen LogP contribution in [-0.4, -0.2) is 42.7 Å². The molecule has 1 heterocycles. The lowest BCUT2D eigenvalue weighted by atomic mass is 10.3. The van der Waals surface area contributed by atoms with Gasteiger partial charge in [0.15, 0.2) is 5.58 Å². The van der Waals surface area contributed by atoms with Crippen molar-refractivity contribution in [1.82, 2.24) is 9.47 Å². The van der Waals surface area contributed by atoms with Crippen LogP contribution in [0, 0.1) is 0 Å². The van der Waals surface area contributed by atoms with Crippen LogP contribution in [0.5, 0.6) is 11.5 Å². The Kier molecular flexibility index (Phi) is 5.26. The van der Waals surface area contributed by atoms with Gasteiger partial charge in [-0.1, -0.05) is 12.1 Å². The van der Waals surface area contributed by atoms with Crippen molar-refractivity contribution in [2.24, 2.45) is 0 Å². The van der Waals surface area contributed by atoms with E-state index in [0.717, 1.165) is 5.75 Å². The molecule has 0 saturated heterocycles. The molecule has 0 spiro atoms. The van der Waals surface area contributed by atoms with Gasteiger partial charge in [-0.3, -0.25) is 9.36 Å². The summed E-state index contributed by atoms with van der Waals surface area (Å²) in [6, 6.07) is 14.2. The second-order valence-electron chi connectivity index (χ2n) is 5.76. The zero-order valence-electron chi connectivity index (χ0n) is 14.7. The molecule has 136 valence electrons. The molecule has 0 bridgehead atoms. The van der Waals surface area contributed by atoms with Crippen LogP contribution < -0.4 is 15.2 Å². The Hall–Kier alpha value is -3.22. The Balaban J connectivity index is 1.55. The number of para-hydroxylation sites is 2. The number of nitrogens with zero attached hydrogens (tertiary/aromatic N) is 2. The van der Waals surface area contributed by atoms with Crippen molar-refractivity contribution in [2.75, 3.05) is 27.3 Å². The molecule has 0 unspecified atom stereocenters. The van der Waals surface area contributed by atoms with E-state index in [1.807, 2.05) is 0 Å². The third-order valence-electron chi connectivity index (χ3n) is 4.05. The number of fused-ring (bicyclic) bond motifs is 1. The predicted molar refractivity (Wildman–Crippen MR) is 96.6 cm³/mol. The zero-order chi connectivity index (χ0) is 18.5. The summed E-state index contributed by atoms with van der Waals surface area (Å²) in [6.45, 7) is 0.667. The molecule has 2 aromatic carbocycles. The molecule has 0 N–H and O–H groups in total. The van der Waals surface area contributed by atoms with E-state index in [1.165, 1.54) is 9.47 Å². The SMILES string of the molecule is COc1ccc(OCCN(C)C(=O)Cn2c(=O)oc3ccccc32)cc1. The first-order chi connectivity index (χ1) is 12.6. The quantitative estimate of drug-likeness (QED) is 0.648. The van der Waals surface area contributed by atoms with Gasteiger partial charge in [0.05, 0.1) is 19.2 Å². The zero-order valence-corrected chi connectivity index (χ0v) is 14.7. The van der Waals surface area contributed by atoms with Gasteiger partial charge in [-0.15, -0.1) is 0 Å². The Morgan fingerprint density at radius 3 is 2.54 bits per heavy atom. The van der Waals surface area contributed by atoms with Crippen LogP contribution in [0.4, 0.5) is 0 Å². The number of benzene rings is 2. The van der Waals surface area contributed by atoms with Gasteiger partial charge < -0.3 is 18.8 Å². The van der Waals surface area contributed by atoms with Crippen molar-refractivity contribution in [1.29, 1.82) is 0 Å². The fourth-order valence-corrected chi connectivity index (χ4v) is 2.52. The van der Waals surface area contributed by atoms with Gasteiger partial charge in [0, 0.05) is 7.05 Å². The number of aromatic nitrogens is 1. The highest BCUT2D eigenvalue weighted by Crippen LogP contribution is 2.17. The summed E-state index contributed by atoms with van der Waals surface area (Å²) in [5, 5.41) is 0. The predicted octanol–water partition coefficient (Wildman–Crippen LogP) is 2.14. The summed E-state index contributed by atoms with van der Waals surface area (Å²) in [7, 11) is 3.28. The third kappa shape index (κ3) is 3.88. The number of likely N-dealkylation sites (N-methyl/N-ethyl adjacent to an activating group) is 1. The highest BCUT2D eigenvalue weighted by molar-refractivity contribution is 5.79. The summed E-state index contributed by atoms with van der Waals surface area (Å²) in [5.41, 5.74) is 1.07. The number of oxazole rings is 1. The number of methoxy groups -OCH3 is 1. The van der Waals surface area contributed by atoms with Crippen LogP contribution in [-0.2, 0) is 11.3 Å². The van der Waals surface area contributed by atoms with Gasteiger partial charge in [-0.2, -0.15) is 0 Å². The van der Waals surface area contributed by atoms with Crippen molar-refractivity contribution >= 4 is 17.0 Å². The van der Waals surface area contributed by atoms with Crippen LogP contribution in [0.15, 0.2) is 57.7 Å². The van der Waals surface area contributed by atoms with Gasteiger partial charge in [0.1, 0.15) is 24.7 Å². The molecule has 0 saturated carbocycles. The molecule has 0 fully saturated rings. The number of hydrogen-bond acceptors (Lipinski definition) is 5. The van der Waals surface area contributed by atoms with Gasteiger partial charge in [0.25, 0.3) is 0 Å². The van der Waals surface area contributed by atoms with Gasteiger partial charge in [0.2, 0.25) is 5.91 Å². The molecule has 0 aliphatic heterocycles. The van der Waals surface area contributed by atoms with Crippen molar-refractivity contribution in [3.8, 4) is 11.5 Å². The molecule has 7 nitrogen and oxygen atoms in total. The van der Waals surface area contributed by atoms with E-state index in [9.17, 15) is 9.59 Å². The van der Waals surface area contributed by atoms with Crippen LogP contribution in [0.1, 0.15) is 0 Å². The lowest BCUT2D eigenvalue weighted by Crippen LogP contribution is -2.35. The fraction of sp³-hybridized carbons (Fsp3) is 0.263. The molecular formula is C19H20N2O5. The lowest BCUT2D eigenvalue weighted by molar-refractivity contribution is -0.130. The summed E-state index contributed by atoms with van der Waals surface area (Å²) >= 11 is 0. The molecule has 7 heteroatoms. The molecule has 3 rings (SSSR count). The molecular weight excluding hydrogens is 336 g/mol. The first-order valence-corrected chi connectivity index (χ1v) is 8.17. The van der Waals surface area contributed by atoms with E-state index in [2.05, 4.69) is 0 Å². The maximum atomic E-state index is 12.4. The molecule has 0 radical (unpaired) electrons. The molecule has 26 heavy (non-hydrogen) atoms. The Labute approximate surface area is 150 Å². The maximum absolute atomic E-state index is 12.4. The monoisotopic (exact) mass is 356 g/mol. The number of carbonyl (C=O) groups excluding carboxylic acids is 1. The topological polar surface area (TPSA) is 73.9 Å². The number of rotatable bonds is 7. The highest BCUT2D eigenvalue weighted by atomic mass is 16.5. The molecule has 3 aromatic rings. The lowest BCUT2D eigenvalue weighted by Gasteiger charge is -2.17. The summed E-state index contributed by atoms with van der Waals surface area (Å²) in [5.74, 6) is 0.713. The van der Waals surface area contributed by atoms with Gasteiger partial charge in [-0.05, 0) is 36.4 Å². The Morgan fingerprint density at radius 2 is 1.81 bits per heavy atom. The van der Waals surface area contributed by atoms with E-state index in [0.29, 0.717) is 30.0 Å². The first kappa shape index (κ1) is 17.6. The number of hydrogen-bond donors (Lipinski definition) is 0. The van der Waals surface area contributed by atoms with Gasteiger partial charge >= 0.3 is 5.76 Å². The minimum Gasteiger partial charge on any atom is -0.497 e. The van der Waals surface area contributed by atoms with E-state index in [4.69, 9.17) is 13.9 Å². The maximum Gasteiger partial charge on any atom is 0.420 e. The summed E-state index contributed by atoms with van der Waals surface area (Å²) in [6.07, 6.45) is 0. The smallest absolute Gasteiger partial charge is 0.420 e. The van der Waals surface area contributed by atoms with E-state index >= 15 is 0 Å². The van der Waals surface area contributed by atoms with Crippen molar-refractivity contribution in [2.45, 2.75) is 6.54 Å². The largest absolute Gasteiger partial charge is 0.497 e. The third-order valence-corrected chi connectivity index (χ3v) is 4.05. The van der Waals surface area contributed by atoms with Crippen LogP contribution in [0.25, 0.3) is 11.1 Å². The first-order valence-electron chi connectivity index (χ1n) is 8.17. The van der Waals surface area contributed by atoms with E-state index < -0.39 is 5.76 Å². The van der Waals surface area contributed by atoms with Crippen molar-refractivity contribution < 1.29 is 18.7 Å². The molecule has 1 amide bonds. The van der Waals surface area contributed by atoms with Gasteiger partial charge in [-0.25, -0.2) is 4.79 Å². The minimum atomic E-state index is -0.539. The summed E-state index contributed by atoms with van der Waals surface area (Å²) in [4.78, 5) is 25.8.